The quantitative estimate of drug-likeness (QED) is 0.892. The van der Waals surface area contributed by atoms with Gasteiger partial charge in [-0.1, -0.05) is 0 Å². The van der Waals surface area contributed by atoms with Gasteiger partial charge in [-0.25, -0.2) is 18.4 Å². The maximum atomic E-state index is 12.1. The highest BCUT2D eigenvalue weighted by molar-refractivity contribution is 9.10. The van der Waals surface area contributed by atoms with Gasteiger partial charge < -0.3 is 5.73 Å². The van der Waals surface area contributed by atoms with Crippen molar-refractivity contribution in [2.24, 2.45) is 0 Å². The van der Waals surface area contributed by atoms with E-state index in [1.165, 1.54) is 24.5 Å². The molecule has 0 unspecified atom stereocenters. The van der Waals surface area contributed by atoms with Gasteiger partial charge in [0.2, 0.25) is 0 Å². The summed E-state index contributed by atoms with van der Waals surface area (Å²) >= 11 is 3.20. The molecule has 0 saturated carbocycles. The number of sulfonamides is 1. The Morgan fingerprint density at radius 3 is 2.50 bits per heavy atom. The van der Waals surface area contributed by atoms with Crippen molar-refractivity contribution in [3.63, 3.8) is 0 Å². The lowest BCUT2D eigenvalue weighted by molar-refractivity contribution is 0.601. The summed E-state index contributed by atoms with van der Waals surface area (Å²) < 4.78 is 27.0. The number of pyridine rings is 2. The van der Waals surface area contributed by atoms with Crippen LogP contribution in [0.4, 0.5) is 11.6 Å². The number of nitrogens with two attached hydrogens (primary N) is 1. The SMILES string of the molecule is Nc1ncccc1S(=O)(=O)Nc1ncccc1Br. The highest BCUT2D eigenvalue weighted by Gasteiger charge is 2.19. The van der Waals surface area contributed by atoms with Crippen LogP contribution in [0.2, 0.25) is 0 Å². The highest BCUT2D eigenvalue weighted by Crippen LogP contribution is 2.23. The van der Waals surface area contributed by atoms with E-state index in [4.69, 9.17) is 5.73 Å². The minimum atomic E-state index is -3.80. The zero-order valence-corrected chi connectivity index (χ0v) is 11.4. The fourth-order valence-electron chi connectivity index (χ4n) is 1.27. The second-order valence-electron chi connectivity index (χ2n) is 3.33. The Morgan fingerprint density at radius 2 is 1.83 bits per heavy atom. The molecule has 94 valence electrons. The molecule has 0 aliphatic carbocycles. The molecule has 3 N–H and O–H groups in total. The molecule has 2 rings (SSSR count). The van der Waals surface area contributed by atoms with E-state index in [9.17, 15) is 8.42 Å². The minimum absolute atomic E-state index is 0.0583. The molecule has 0 fully saturated rings. The van der Waals surface area contributed by atoms with E-state index in [2.05, 4.69) is 30.6 Å². The second-order valence-corrected chi connectivity index (χ2v) is 5.83. The largest absolute Gasteiger partial charge is 0.383 e. The van der Waals surface area contributed by atoms with Gasteiger partial charge >= 0.3 is 0 Å². The topological polar surface area (TPSA) is 98.0 Å². The number of halogens is 1. The summed E-state index contributed by atoms with van der Waals surface area (Å²) in [6.07, 6.45) is 2.90. The Balaban J connectivity index is 2.40. The first-order valence-electron chi connectivity index (χ1n) is 4.84. The van der Waals surface area contributed by atoms with Crippen LogP contribution in [0, 0.1) is 0 Å². The molecule has 0 radical (unpaired) electrons. The van der Waals surface area contributed by atoms with Crippen molar-refractivity contribution in [3.05, 3.63) is 41.1 Å². The Bertz CT molecular complexity index is 675. The Labute approximate surface area is 112 Å². The van der Waals surface area contributed by atoms with Crippen molar-refractivity contribution >= 4 is 37.6 Å². The predicted molar refractivity (Wildman–Crippen MR) is 71.4 cm³/mol. The van der Waals surface area contributed by atoms with Crippen molar-refractivity contribution in [2.75, 3.05) is 10.5 Å². The molecule has 0 bridgehead atoms. The Morgan fingerprint density at radius 1 is 1.17 bits per heavy atom. The molecule has 0 amide bonds. The third kappa shape index (κ3) is 2.59. The van der Waals surface area contributed by atoms with Gasteiger partial charge in [-0.15, -0.1) is 0 Å². The van der Waals surface area contributed by atoms with E-state index in [0.717, 1.165) is 0 Å². The van der Waals surface area contributed by atoms with E-state index in [1.54, 1.807) is 12.1 Å². The van der Waals surface area contributed by atoms with E-state index < -0.39 is 10.0 Å². The molecule has 0 saturated heterocycles. The van der Waals surface area contributed by atoms with Gasteiger partial charge in [0.1, 0.15) is 10.7 Å². The zero-order chi connectivity index (χ0) is 13.2. The number of hydrogen-bond donors (Lipinski definition) is 2. The first-order chi connectivity index (χ1) is 8.50. The average molecular weight is 329 g/mol. The van der Waals surface area contributed by atoms with Crippen LogP contribution in [0.1, 0.15) is 0 Å². The van der Waals surface area contributed by atoms with Gasteiger partial charge in [-0.2, -0.15) is 0 Å². The van der Waals surface area contributed by atoms with Crippen LogP contribution >= 0.6 is 15.9 Å². The number of nitrogen functional groups attached to an aromatic ring is 1. The van der Waals surface area contributed by atoms with Crippen LogP contribution in [0.3, 0.4) is 0 Å². The van der Waals surface area contributed by atoms with E-state index >= 15 is 0 Å². The smallest absolute Gasteiger partial charge is 0.266 e. The second kappa shape index (κ2) is 4.91. The monoisotopic (exact) mass is 328 g/mol. The fraction of sp³-hybridized carbons (Fsp3) is 0. The number of rotatable bonds is 3. The van der Waals surface area contributed by atoms with Gasteiger partial charge in [0, 0.05) is 12.4 Å². The lowest BCUT2D eigenvalue weighted by Gasteiger charge is -2.09. The number of nitrogens with one attached hydrogen (secondary N) is 1. The molecule has 8 heteroatoms. The standard InChI is InChI=1S/C10H9BrN4O2S/c11-7-3-1-6-14-10(7)15-18(16,17)8-4-2-5-13-9(8)12/h1-6H,(H2,12,13)(H,14,15). The number of hydrogen-bond acceptors (Lipinski definition) is 5. The van der Waals surface area contributed by atoms with Crippen molar-refractivity contribution < 1.29 is 8.42 Å². The summed E-state index contributed by atoms with van der Waals surface area (Å²) in [7, 11) is -3.80. The molecule has 0 spiro atoms. The van der Waals surface area contributed by atoms with Gasteiger partial charge in [0.25, 0.3) is 10.0 Å². The Kier molecular flexibility index (Phi) is 3.48. The lowest BCUT2D eigenvalue weighted by Crippen LogP contribution is -2.16. The molecule has 0 aromatic carbocycles. The normalized spacial score (nSPS) is 11.2. The fourth-order valence-corrected chi connectivity index (χ4v) is 2.87. The van der Waals surface area contributed by atoms with Crippen molar-refractivity contribution in [3.8, 4) is 0 Å². The van der Waals surface area contributed by atoms with Crippen LogP contribution in [-0.4, -0.2) is 18.4 Å². The molecule has 0 atom stereocenters. The summed E-state index contributed by atoms with van der Waals surface area (Å²) in [5, 5.41) is 0. The van der Waals surface area contributed by atoms with Crippen LogP contribution in [0.15, 0.2) is 46.0 Å². The molecule has 0 aliphatic rings. The lowest BCUT2D eigenvalue weighted by atomic mass is 10.5. The molecule has 2 heterocycles. The molecule has 2 aromatic heterocycles. The van der Waals surface area contributed by atoms with E-state index in [1.807, 2.05) is 0 Å². The molecule has 2 aromatic rings. The van der Waals surface area contributed by atoms with Crippen LogP contribution in [0.25, 0.3) is 0 Å². The summed E-state index contributed by atoms with van der Waals surface area (Å²) in [5.41, 5.74) is 5.54. The summed E-state index contributed by atoms with van der Waals surface area (Å²) in [6.45, 7) is 0. The van der Waals surface area contributed by atoms with Gasteiger partial charge in [-0.3, -0.25) is 4.72 Å². The first kappa shape index (κ1) is 12.8. The van der Waals surface area contributed by atoms with Crippen molar-refractivity contribution in [1.29, 1.82) is 0 Å². The maximum Gasteiger partial charge on any atom is 0.266 e. The van der Waals surface area contributed by atoms with Gasteiger partial charge in [0.05, 0.1) is 4.47 Å². The molecular formula is C10H9BrN4O2S. The van der Waals surface area contributed by atoms with Crippen molar-refractivity contribution in [1.82, 2.24) is 9.97 Å². The third-order valence-corrected chi connectivity index (χ3v) is 4.10. The van der Waals surface area contributed by atoms with E-state index in [-0.39, 0.29) is 16.5 Å². The molecule has 0 aliphatic heterocycles. The van der Waals surface area contributed by atoms with Crippen LogP contribution in [-0.2, 0) is 10.0 Å². The summed E-state index contributed by atoms with van der Waals surface area (Å²) in [5.74, 6) is 0.137. The molecule has 6 nitrogen and oxygen atoms in total. The predicted octanol–water partition coefficient (Wildman–Crippen LogP) is 1.62. The maximum absolute atomic E-state index is 12.1. The Hall–Kier alpha value is -1.67. The summed E-state index contributed by atoms with van der Waals surface area (Å²) in [4.78, 5) is 7.58. The van der Waals surface area contributed by atoms with Gasteiger partial charge in [-0.05, 0) is 40.2 Å². The minimum Gasteiger partial charge on any atom is -0.383 e. The van der Waals surface area contributed by atoms with E-state index in [0.29, 0.717) is 4.47 Å². The third-order valence-electron chi connectivity index (χ3n) is 2.08. The van der Waals surface area contributed by atoms with Gasteiger partial charge in [0.15, 0.2) is 5.82 Å². The van der Waals surface area contributed by atoms with Crippen LogP contribution in [0.5, 0.6) is 0 Å². The van der Waals surface area contributed by atoms with Crippen molar-refractivity contribution in [2.45, 2.75) is 4.90 Å². The number of anilines is 2. The first-order valence-corrected chi connectivity index (χ1v) is 7.12. The molecule has 18 heavy (non-hydrogen) atoms. The number of nitrogens with zero attached hydrogens (tertiary/aromatic N) is 2. The summed E-state index contributed by atoms with van der Waals surface area (Å²) in [6, 6.07) is 6.23. The zero-order valence-electron chi connectivity index (χ0n) is 9.04. The average Bonchev–Trinajstić information content (AvgIpc) is 2.32. The number of aromatic nitrogens is 2. The highest BCUT2D eigenvalue weighted by atomic mass is 79.9. The molecular weight excluding hydrogens is 320 g/mol. The van der Waals surface area contributed by atoms with Crippen LogP contribution < -0.4 is 10.5 Å².